The molecule has 2 aromatic rings. The summed E-state index contributed by atoms with van der Waals surface area (Å²) in [4.78, 5) is 21.9. The van der Waals surface area contributed by atoms with Gasteiger partial charge in [0.2, 0.25) is 17.6 Å². The number of amides is 1. The molecule has 3 rings (SSSR count). The van der Waals surface area contributed by atoms with E-state index >= 15 is 0 Å². The molecule has 1 atom stereocenters. The minimum absolute atomic E-state index is 0.355. The van der Waals surface area contributed by atoms with Crippen molar-refractivity contribution in [3.05, 3.63) is 30.3 Å². The van der Waals surface area contributed by atoms with Crippen LogP contribution in [0.2, 0.25) is 0 Å². The molecule has 8 nitrogen and oxygen atoms in total. The Balaban J connectivity index is 1.73. The first-order valence-electron chi connectivity index (χ1n) is 6.72. The van der Waals surface area contributed by atoms with E-state index in [1.165, 1.54) is 0 Å². The van der Waals surface area contributed by atoms with Gasteiger partial charge in [0, 0.05) is 25.8 Å². The van der Waals surface area contributed by atoms with Gasteiger partial charge in [0.05, 0.1) is 6.54 Å². The fraction of sp³-hybridized carbons (Fsp3) is 0.385. The summed E-state index contributed by atoms with van der Waals surface area (Å²) >= 11 is 0. The maximum Gasteiger partial charge on any atom is 0.241 e. The van der Waals surface area contributed by atoms with Gasteiger partial charge in [0.1, 0.15) is 11.7 Å². The third-order valence-electron chi connectivity index (χ3n) is 3.38. The summed E-state index contributed by atoms with van der Waals surface area (Å²) in [6.45, 7) is 2.44. The zero-order chi connectivity index (χ0) is 14.7. The predicted molar refractivity (Wildman–Crippen MR) is 73.8 cm³/mol. The summed E-state index contributed by atoms with van der Waals surface area (Å²) in [5.74, 6) is 0.534. The molecule has 2 aromatic heterocycles. The van der Waals surface area contributed by atoms with E-state index in [1.807, 2.05) is 23.1 Å². The number of nitrogens with zero attached hydrogens (tertiary/aromatic N) is 4. The zero-order valence-electron chi connectivity index (χ0n) is 11.4. The molecular formula is C13H16N6O2. The van der Waals surface area contributed by atoms with Gasteiger partial charge in [-0.25, -0.2) is 0 Å². The average Bonchev–Trinajstić information content (AvgIpc) is 2.97. The standard InChI is InChI=1S/C13H16N6O2/c14-12(20)10-7-15-5-6-19(10)8-11-17-13(18-21-11)9-3-1-2-4-16-9/h1-4,10,15H,5-8H2,(H2,14,20). The first-order valence-corrected chi connectivity index (χ1v) is 6.72. The van der Waals surface area contributed by atoms with E-state index in [0.717, 1.165) is 6.54 Å². The minimum Gasteiger partial charge on any atom is -0.368 e. The third-order valence-corrected chi connectivity index (χ3v) is 3.38. The van der Waals surface area contributed by atoms with Gasteiger partial charge in [-0.2, -0.15) is 4.98 Å². The predicted octanol–water partition coefficient (Wildman–Crippen LogP) is -0.609. The van der Waals surface area contributed by atoms with E-state index in [4.69, 9.17) is 10.3 Å². The highest BCUT2D eigenvalue weighted by Gasteiger charge is 2.28. The third kappa shape index (κ3) is 3.06. The number of primary amides is 1. The second-order valence-corrected chi connectivity index (χ2v) is 4.82. The van der Waals surface area contributed by atoms with Crippen LogP contribution in [0.25, 0.3) is 11.5 Å². The van der Waals surface area contributed by atoms with Crippen molar-refractivity contribution >= 4 is 5.91 Å². The number of nitrogens with two attached hydrogens (primary N) is 1. The maximum absolute atomic E-state index is 11.4. The van der Waals surface area contributed by atoms with Gasteiger partial charge in [0.25, 0.3) is 0 Å². The molecule has 1 aliphatic rings. The number of carbonyl (C=O) groups excluding carboxylic acids is 1. The lowest BCUT2D eigenvalue weighted by molar-refractivity contribution is -0.124. The summed E-state index contributed by atoms with van der Waals surface area (Å²) in [7, 11) is 0. The fourth-order valence-electron chi connectivity index (χ4n) is 2.31. The van der Waals surface area contributed by atoms with Crippen LogP contribution in [0.4, 0.5) is 0 Å². The van der Waals surface area contributed by atoms with Gasteiger partial charge in [-0.1, -0.05) is 11.2 Å². The summed E-state index contributed by atoms with van der Waals surface area (Å²) in [6.07, 6.45) is 1.67. The number of nitrogens with one attached hydrogen (secondary N) is 1. The Labute approximate surface area is 121 Å². The van der Waals surface area contributed by atoms with E-state index in [1.54, 1.807) is 6.20 Å². The van der Waals surface area contributed by atoms with Gasteiger partial charge >= 0.3 is 0 Å². The Kier molecular flexibility index (Phi) is 3.89. The minimum atomic E-state index is -0.357. The Bertz CT molecular complexity index is 614. The summed E-state index contributed by atoms with van der Waals surface area (Å²) < 4.78 is 5.23. The van der Waals surface area contributed by atoms with E-state index in [9.17, 15) is 4.79 Å². The molecule has 3 N–H and O–H groups in total. The number of piperazine rings is 1. The van der Waals surface area contributed by atoms with Crippen LogP contribution in [0, 0.1) is 0 Å². The maximum atomic E-state index is 11.4. The van der Waals surface area contributed by atoms with Crippen molar-refractivity contribution in [3.8, 4) is 11.5 Å². The highest BCUT2D eigenvalue weighted by Crippen LogP contribution is 2.14. The number of aromatic nitrogens is 3. The van der Waals surface area contributed by atoms with Crippen molar-refractivity contribution in [1.29, 1.82) is 0 Å². The van der Waals surface area contributed by atoms with Gasteiger partial charge in [-0.3, -0.25) is 14.7 Å². The molecule has 0 saturated carbocycles. The van der Waals surface area contributed by atoms with Crippen molar-refractivity contribution < 1.29 is 9.32 Å². The molecule has 0 spiro atoms. The summed E-state index contributed by atoms with van der Waals surface area (Å²) in [5.41, 5.74) is 6.06. The van der Waals surface area contributed by atoms with Gasteiger partial charge in [-0.15, -0.1) is 0 Å². The molecule has 0 aromatic carbocycles. The fourth-order valence-corrected chi connectivity index (χ4v) is 2.31. The van der Waals surface area contributed by atoms with Gasteiger partial charge in [0.15, 0.2) is 0 Å². The number of hydrogen-bond donors (Lipinski definition) is 2. The smallest absolute Gasteiger partial charge is 0.241 e. The molecular weight excluding hydrogens is 272 g/mol. The van der Waals surface area contributed by atoms with Crippen molar-refractivity contribution in [3.63, 3.8) is 0 Å². The molecule has 110 valence electrons. The van der Waals surface area contributed by atoms with E-state index in [-0.39, 0.29) is 11.9 Å². The molecule has 8 heteroatoms. The Morgan fingerprint density at radius 3 is 3.19 bits per heavy atom. The molecule has 1 saturated heterocycles. The summed E-state index contributed by atoms with van der Waals surface area (Å²) in [5, 5.41) is 7.06. The van der Waals surface area contributed by atoms with E-state index in [0.29, 0.717) is 37.0 Å². The van der Waals surface area contributed by atoms with Crippen LogP contribution >= 0.6 is 0 Å². The lowest BCUT2D eigenvalue weighted by Crippen LogP contribution is -2.56. The van der Waals surface area contributed by atoms with Crippen LogP contribution in [-0.4, -0.2) is 51.6 Å². The highest BCUT2D eigenvalue weighted by molar-refractivity contribution is 5.80. The number of hydrogen-bond acceptors (Lipinski definition) is 7. The number of rotatable bonds is 4. The number of pyridine rings is 1. The lowest BCUT2D eigenvalue weighted by atomic mass is 10.2. The molecule has 1 aliphatic heterocycles. The van der Waals surface area contributed by atoms with Crippen LogP contribution in [0.15, 0.2) is 28.9 Å². The first-order chi connectivity index (χ1) is 10.2. The molecule has 0 bridgehead atoms. The lowest BCUT2D eigenvalue weighted by Gasteiger charge is -2.32. The van der Waals surface area contributed by atoms with Crippen molar-refractivity contribution in [2.45, 2.75) is 12.6 Å². The molecule has 1 unspecified atom stereocenters. The largest absolute Gasteiger partial charge is 0.368 e. The molecule has 1 fully saturated rings. The van der Waals surface area contributed by atoms with Crippen LogP contribution < -0.4 is 11.1 Å². The topological polar surface area (TPSA) is 110 Å². The molecule has 21 heavy (non-hydrogen) atoms. The second kappa shape index (κ2) is 5.98. The van der Waals surface area contributed by atoms with Crippen molar-refractivity contribution in [1.82, 2.24) is 25.3 Å². The van der Waals surface area contributed by atoms with Crippen molar-refractivity contribution in [2.24, 2.45) is 5.73 Å². The Hall–Kier alpha value is -2.32. The van der Waals surface area contributed by atoms with Gasteiger partial charge < -0.3 is 15.6 Å². The monoisotopic (exact) mass is 288 g/mol. The Morgan fingerprint density at radius 2 is 2.43 bits per heavy atom. The SMILES string of the molecule is NC(=O)C1CNCCN1Cc1nc(-c2ccccn2)no1. The average molecular weight is 288 g/mol. The highest BCUT2D eigenvalue weighted by atomic mass is 16.5. The second-order valence-electron chi connectivity index (χ2n) is 4.82. The van der Waals surface area contributed by atoms with Crippen LogP contribution in [0.5, 0.6) is 0 Å². The summed E-state index contributed by atoms with van der Waals surface area (Å²) in [6, 6.07) is 5.13. The molecule has 0 radical (unpaired) electrons. The van der Waals surface area contributed by atoms with Gasteiger partial charge in [-0.05, 0) is 12.1 Å². The van der Waals surface area contributed by atoms with E-state index in [2.05, 4.69) is 20.4 Å². The molecule has 0 aliphatic carbocycles. The number of carbonyl (C=O) groups is 1. The van der Waals surface area contributed by atoms with E-state index < -0.39 is 0 Å². The Morgan fingerprint density at radius 1 is 1.52 bits per heavy atom. The van der Waals surface area contributed by atoms with Crippen LogP contribution in [0.1, 0.15) is 5.89 Å². The van der Waals surface area contributed by atoms with Crippen LogP contribution in [-0.2, 0) is 11.3 Å². The normalized spacial score (nSPS) is 19.5. The van der Waals surface area contributed by atoms with Crippen molar-refractivity contribution in [2.75, 3.05) is 19.6 Å². The molecule has 1 amide bonds. The molecule has 3 heterocycles. The van der Waals surface area contributed by atoms with Crippen LogP contribution in [0.3, 0.4) is 0 Å². The quantitative estimate of drug-likeness (QED) is 0.772. The zero-order valence-corrected chi connectivity index (χ0v) is 11.4. The first kappa shape index (κ1) is 13.7.